The van der Waals surface area contributed by atoms with Crippen LogP contribution in [0.4, 0.5) is 0 Å². The summed E-state index contributed by atoms with van der Waals surface area (Å²) in [4.78, 5) is 0. The zero-order valence-electron chi connectivity index (χ0n) is 5.66. The third-order valence-corrected chi connectivity index (χ3v) is 2.02. The molecule has 1 N–H and O–H groups in total. The van der Waals surface area contributed by atoms with Crippen molar-refractivity contribution in [3.63, 3.8) is 0 Å². The van der Waals surface area contributed by atoms with Crippen LogP contribution in [0.1, 0.15) is 12.8 Å². The molecule has 0 atom stereocenters. The van der Waals surface area contributed by atoms with E-state index in [2.05, 4.69) is 10.4 Å². The van der Waals surface area contributed by atoms with Gasteiger partial charge in [0, 0.05) is 0 Å². The quantitative estimate of drug-likeness (QED) is 0.343. The van der Waals surface area contributed by atoms with Crippen LogP contribution in [0, 0.1) is 5.92 Å². The molecule has 0 aliphatic carbocycles. The summed E-state index contributed by atoms with van der Waals surface area (Å²) in [5, 5.41) is 2.31. The summed E-state index contributed by atoms with van der Waals surface area (Å²) in [6, 6.07) is 0. The summed E-state index contributed by atoms with van der Waals surface area (Å²) in [5.74, 6) is 1.72. The second kappa shape index (κ2) is 4.58. The Bertz CT molecular complexity index is 70.7. The molecule has 3 aliphatic rings. The van der Waals surface area contributed by atoms with E-state index in [0.29, 0.717) is 0 Å². The van der Waals surface area contributed by atoms with Gasteiger partial charge in [0.1, 0.15) is 0 Å². The van der Waals surface area contributed by atoms with Gasteiger partial charge < -0.3 is 12.4 Å². The largest absolute Gasteiger partial charge is 2.00 e. The van der Waals surface area contributed by atoms with Crippen molar-refractivity contribution in [2.45, 2.75) is 12.8 Å². The second-order valence-electron chi connectivity index (χ2n) is 2.57. The van der Waals surface area contributed by atoms with Crippen molar-refractivity contribution in [2.75, 3.05) is 19.6 Å². The molecule has 0 unspecified atom stereocenters. The van der Waals surface area contributed by atoms with Crippen LogP contribution in [0.15, 0.2) is 0 Å². The first kappa shape index (κ1) is 10.7. The number of fused-ring (bicyclic) bond motifs is 3. The molecule has 0 aromatic heterocycles. The molecule has 4 heteroatoms. The Morgan fingerprint density at radius 2 is 1.80 bits per heavy atom. The van der Waals surface area contributed by atoms with E-state index in [1.807, 2.05) is 0 Å². The van der Waals surface area contributed by atoms with E-state index < -0.39 is 0 Å². The fourth-order valence-electron chi connectivity index (χ4n) is 1.38. The van der Waals surface area contributed by atoms with Crippen LogP contribution in [-0.4, -0.2) is 24.6 Å². The molecule has 3 rings (SSSR count). The molecule has 2 nitrogen and oxygen atoms in total. The molecule has 63 valence electrons. The minimum absolute atomic E-state index is 0. The van der Waals surface area contributed by atoms with Gasteiger partial charge in [-0.1, -0.05) is 0 Å². The average Bonchev–Trinajstić information content (AvgIpc) is 1.92. The number of hydrogen-bond acceptors (Lipinski definition) is 2. The molecule has 0 aromatic rings. The van der Waals surface area contributed by atoms with Crippen molar-refractivity contribution in [3.8, 4) is 0 Å². The zero-order chi connectivity index (χ0) is 5.40. The van der Waals surface area contributed by atoms with Crippen LogP contribution >= 0.6 is 0 Å². The summed E-state index contributed by atoms with van der Waals surface area (Å²) in [6.45, 7) is 3.64. The van der Waals surface area contributed by atoms with Gasteiger partial charge in [-0.2, -0.15) is 12.8 Å². The third-order valence-electron chi connectivity index (χ3n) is 2.02. The Labute approximate surface area is 78.6 Å². The van der Waals surface area contributed by atoms with E-state index in [1.54, 1.807) is 5.92 Å². The Morgan fingerprint density at radius 3 is 1.90 bits per heavy atom. The van der Waals surface area contributed by atoms with Gasteiger partial charge in [-0.05, 0) is 13.1 Å². The molecular formula is C6H11ClCuN2. The van der Waals surface area contributed by atoms with Crippen LogP contribution in [0.25, 0.3) is 0 Å². The van der Waals surface area contributed by atoms with Gasteiger partial charge in [0.25, 0.3) is 0 Å². The molecule has 3 saturated heterocycles. The van der Waals surface area contributed by atoms with E-state index >= 15 is 0 Å². The molecule has 10 heavy (non-hydrogen) atoms. The minimum atomic E-state index is 0. The topological polar surface area (TPSA) is 15.3 Å². The summed E-state index contributed by atoms with van der Waals surface area (Å²) < 4.78 is 0. The van der Waals surface area contributed by atoms with Crippen LogP contribution in [0.3, 0.4) is 0 Å². The molecule has 0 amide bonds. The number of halogens is 1. The summed E-state index contributed by atoms with van der Waals surface area (Å²) >= 11 is 0. The number of hydrogen-bond donors (Lipinski definition) is 1. The van der Waals surface area contributed by atoms with Crippen molar-refractivity contribution >= 4 is 0 Å². The zero-order valence-corrected chi connectivity index (χ0v) is 7.36. The van der Waals surface area contributed by atoms with Gasteiger partial charge in [0.2, 0.25) is 0 Å². The van der Waals surface area contributed by atoms with Gasteiger partial charge in [-0.25, -0.2) is 0 Å². The van der Waals surface area contributed by atoms with Crippen LogP contribution < -0.4 is 17.8 Å². The van der Waals surface area contributed by atoms with E-state index in [-0.39, 0.29) is 29.5 Å². The standard InChI is InChI=1S/C6H11N2.ClH.Cu/c1-3-8-4-2-6(1)5-7-8;;/h7H,1-5H2;1H;/q-1;;+2/p-1. The van der Waals surface area contributed by atoms with Crippen LogP contribution in [0.2, 0.25) is 0 Å². The Balaban J connectivity index is 0.000000405. The Kier molecular flexibility index (Phi) is 4.91. The maximum atomic E-state index is 3.31. The van der Waals surface area contributed by atoms with E-state index in [9.17, 15) is 0 Å². The van der Waals surface area contributed by atoms with Gasteiger partial charge >= 0.3 is 17.1 Å². The van der Waals surface area contributed by atoms with Crippen molar-refractivity contribution in [3.05, 3.63) is 5.92 Å². The van der Waals surface area contributed by atoms with E-state index in [4.69, 9.17) is 0 Å². The predicted molar refractivity (Wildman–Crippen MR) is 32.1 cm³/mol. The average molecular weight is 210 g/mol. The van der Waals surface area contributed by atoms with Gasteiger partial charge in [0.05, 0.1) is 0 Å². The fourth-order valence-corrected chi connectivity index (χ4v) is 1.38. The molecule has 0 spiro atoms. The van der Waals surface area contributed by atoms with Crippen LogP contribution in [-0.2, 0) is 17.1 Å². The number of rotatable bonds is 0. The second-order valence-corrected chi connectivity index (χ2v) is 2.57. The smallest absolute Gasteiger partial charge is 1.00 e. The predicted octanol–water partition coefficient (Wildman–Crippen LogP) is -2.82. The SMILES string of the molecule is C1CN2CC[C-]1CN2.[Cl-].[Cu+2]. The molecule has 3 fully saturated rings. The summed E-state index contributed by atoms with van der Waals surface area (Å²) in [6.07, 6.45) is 2.68. The number of nitrogens with zero attached hydrogens (tertiary/aromatic N) is 1. The van der Waals surface area contributed by atoms with E-state index in [1.165, 1.54) is 25.9 Å². The Morgan fingerprint density at radius 1 is 1.20 bits per heavy atom. The molecule has 3 heterocycles. The van der Waals surface area contributed by atoms with Crippen molar-refractivity contribution in [2.24, 2.45) is 0 Å². The fraction of sp³-hybridized carbons (Fsp3) is 0.833. The molecule has 0 saturated carbocycles. The molecule has 0 aromatic carbocycles. The normalized spacial score (nSPS) is 25.2. The van der Waals surface area contributed by atoms with Gasteiger partial charge in [-0.15, -0.1) is 6.54 Å². The minimum Gasteiger partial charge on any atom is -1.00 e. The van der Waals surface area contributed by atoms with Gasteiger partial charge in [0.15, 0.2) is 0 Å². The van der Waals surface area contributed by atoms with Crippen molar-refractivity contribution in [1.82, 2.24) is 10.4 Å². The first-order valence-corrected chi connectivity index (χ1v) is 3.27. The van der Waals surface area contributed by atoms with Crippen molar-refractivity contribution in [1.29, 1.82) is 0 Å². The summed E-state index contributed by atoms with van der Waals surface area (Å²) in [5.41, 5.74) is 3.31. The van der Waals surface area contributed by atoms with Crippen LogP contribution in [0.5, 0.6) is 0 Å². The maximum absolute atomic E-state index is 3.31. The molecule has 3 aliphatic heterocycles. The monoisotopic (exact) mass is 209 g/mol. The third kappa shape index (κ3) is 2.11. The van der Waals surface area contributed by atoms with Crippen molar-refractivity contribution < 1.29 is 29.5 Å². The number of nitrogens with one attached hydrogen (secondary N) is 1. The Hall–Kier alpha value is 0.729. The summed E-state index contributed by atoms with van der Waals surface area (Å²) in [7, 11) is 0. The molecule has 1 radical (unpaired) electrons. The first-order chi connectivity index (χ1) is 3.95. The molecular weight excluding hydrogens is 199 g/mol. The maximum Gasteiger partial charge on any atom is 2.00 e. The molecule has 2 bridgehead atoms. The first-order valence-electron chi connectivity index (χ1n) is 3.27. The number of hydrazine groups is 1. The number of piperidine rings is 1. The van der Waals surface area contributed by atoms with Gasteiger partial charge in [-0.3, -0.25) is 16.4 Å². The van der Waals surface area contributed by atoms with E-state index in [0.717, 1.165) is 6.54 Å².